The van der Waals surface area contributed by atoms with Crippen LogP contribution in [0.4, 0.5) is 11.4 Å². The fourth-order valence-corrected chi connectivity index (χ4v) is 2.52. The molecule has 0 radical (unpaired) electrons. The first-order valence-corrected chi connectivity index (χ1v) is 9.89. The van der Waals surface area contributed by atoms with Crippen molar-refractivity contribution in [3.63, 3.8) is 0 Å². The minimum atomic E-state index is -4.72. The molecule has 3 N–H and O–H groups in total. The van der Waals surface area contributed by atoms with Crippen molar-refractivity contribution in [3.8, 4) is 0 Å². The van der Waals surface area contributed by atoms with Gasteiger partial charge in [-0.3, -0.25) is 17.7 Å². The third kappa shape index (κ3) is 5.04. The summed E-state index contributed by atoms with van der Waals surface area (Å²) in [5.41, 5.74) is -1.53. The van der Waals surface area contributed by atoms with E-state index in [2.05, 4.69) is 0 Å². The first-order valence-electron chi connectivity index (χ1n) is 7.10. The largest absolute Gasteiger partial charge is 0.623 e. The molecule has 1 aromatic carbocycles. The van der Waals surface area contributed by atoms with Gasteiger partial charge in [0.1, 0.15) is 6.61 Å². The molecule has 0 fully saturated rings. The molecule has 11 nitrogen and oxygen atoms in total. The fraction of sp³-hybridized carbons (Fsp3) is 0.462. The fourth-order valence-electron chi connectivity index (χ4n) is 1.74. The minimum Gasteiger partial charge on any atom is -0.623 e. The van der Waals surface area contributed by atoms with Gasteiger partial charge in [-0.1, -0.05) is 0 Å². The van der Waals surface area contributed by atoms with Crippen LogP contribution in [0.15, 0.2) is 18.2 Å². The third-order valence-corrected chi connectivity index (χ3v) is 5.44. The van der Waals surface area contributed by atoms with Crippen LogP contribution in [0.1, 0.15) is 19.4 Å². The lowest BCUT2D eigenvalue weighted by Gasteiger charge is -2.24. The molecule has 0 saturated heterocycles. The minimum absolute atomic E-state index is 0.0223. The van der Waals surface area contributed by atoms with Gasteiger partial charge in [-0.2, -0.15) is 16.8 Å². The lowest BCUT2D eigenvalue weighted by atomic mass is 10.1. The number of hydroxylamine groups is 1. The van der Waals surface area contributed by atoms with E-state index in [9.17, 15) is 31.7 Å². The summed E-state index contributed by atoms with van der Waals surface area (Å²) in [5.74, 6) is 0. The Morgan fingerprint density at radius 3 is 2.04 bits per heavy atom. The van der Waals surface area contributed by atoms with Gasteiger partial charge in [0.05, 0.1) is 16.9 Å². The average molecular weight is 411 g/mol. The van der Waals surface area contributed by atoms with Gasteiger partial charge in [-0.15, -0.1) is 0 Å². The summed E-state index contributed by atoms with van der Waals surface area (Å²) >= 11 is 0. The summed E-state index contributed by atoms with van der Waals surface area (Å²) in [6.07, 6.45) is 0.991. The Labute approximate surface area is 152 Å². The molecule has 0 aliphatic rings. The van der Waals surface area contributed by atoms with Crippen LogP contribution in [0.25, 0.3) is 0 Å². The van der Waals surface area contributed by atoms with Crippen LogP contribution in [0.5, 0.6) is 0 Å². The topological polar surface area (TPSA) is 162 Å². The lowest BCUT2D eigenvalue weighted by molar-refractivity contribution is -0.539. The molecule has 0 atom stereocenters. The van der Waals surface area contributed by atoms with Gasteiger partial charge in [-0.25, -0.2) is 4.74 Å². The van der Waals surface area contributed by atoms with Crippen molar-refractivity contribution < 1.29 is 35.8 Å². The van der Waals surface area contributed by atoms with Crippen molar-refractivity contribution in [2.24, 2.45) is 0 Å². The first-order chi connectivity index (χ1) is 11.6. The van der Waals surface area contributed by atoms with Crippen molar-refractivity contribution >= 4 is 38.2 Å². The second kappa shape index (κ2) is 7.36. The summed E-state index contributed by atoms with van der Waals surface area (Å²) in [4.78, 5) is 0. The van der Waals surface area contributed by atoms with Gasteiger partial charge in [-0.05, 0) is 18.2 Å². The highest BCUT2D eigenvalue weighted by molar-refractivity contribution is 7.87. The van der Waals surface area contributed by atoms with Crippen molar-refractivity contribution in [1.82, 2.24) is 0 Å². The van der Waals surface area contributed by atoms with Crippen molar-refractivity contribution in [2.45, 2.75) is 19.4 Å². The van der Waals surface area contributed by atoms with Crippen LogP contribution >= 0.6 is 0 Å². The Hall–Kier alpha value is -1.93. The molecule has 0 aromatic heterocycles. The van der Waals surface area contributed by atoms with Gasteiger partial charge in [0.25, 0.3) is 0 Å². The van der Waals surface area contributed by atoms with E-state index in [4.69, 9.17) is 4.55 Å². The van der Waals surface area contributed by atoms with E-state index >= 15 is 0 Å². The normalized spacial score (nSPS) is 13.6. The van der Waals surface area contributed by atoms with Crippen LogP contribution < -0.4 is 8.61 Å². The summed E-state index contributed by atoms with van der Waals surface area (Å²) < 4.78 is 65.1. The van der Waals surface area contributed by atoms with Gasteiger partial charge in [0.2, 0.25) is 0 Å². The molecule has 26 heavy (non-hydrogen) atoms. The monoisotopic (exact) mass is 411 g/mol. The molecule has 1 rings (SSSR count). The Balaban J connectivity index is 3.65. The van der Waals surface area contributed by atoms with Gasteiger partial charge < -0.3 is 10.3 Å². The summed E-state index contributed by atoms with van der Waals surface area (Å²) in [7, 11) is -7.31. The quantitative estimate of drug-likeness (QED) is 0.184. The maximum atomic E-state index is 12.2. The zero-order valence-electron chi connectivity index (χ0n) is 14.6. The van der Waals surface area contributed by atoms with E-state index < -0.39 is 32.8 Å². The number of nitrogens with zero attached hydrogens (tertiary/aromatic N) is 3. The Kier molecular flexibility index (Phi) is 6.26. The third-order valence-electron chi connectivity index (χ3n) is 3.65. The van der Waals surface area contributed by atoms with E-state index in [0.717, 1.165) is 26.4 Å². The summed E-state index contributed by atoms with van der Waals surface area (Å²) in [5, 5.41) is 21.4. The Bertz CT molecular complexity index is 909. The smallest absolute Gasteiger partial charge is 0.359 e. The molecule has 0 saturated carbocycles. The van der Waals surface area contributed by atoms with Gasteiger partial charge in [0.15, 0.2) is 11.8 Å². The maximum Gasteiger partial charge on any atom is 0.359 e. The maximum absolute atomic E-state index is 12.2. The van der Waals surface area contributed by atoms with Gasteiger partial charge >= 0.3 is 20.6 Å². The number of rotatable bonds is 7. The number of hydrogen-bond donors (Lipinski definition) is 3. The van der Waals surface area contributed by atoms with Crippen molar-refractivity contribution in [2.75, 3.05) is 29.3 Å². The molecule has 0 amide bonds. The highest BCUT2D eigenvalue weighted by Crippen LogP contribution is 2.27. The molecule has 0 heterocycles. The number of hydrogen-bond acceptors (Lipinski definition) is 6. The molecular weight excluding hydrogens is 390 g/mol. The molecule has 0 bridgehead atoms. The SMILES string of the molecule is CN(c1ccc(C=[N+]([O-])C(C)(C)CO)c(N(C)S(=O)(=O)O)c1)S(=O)(=O)O. The zero-order chi connectivity index (χ0) is 20.5. The molecule has 0 aliphatic heterocycles. The van der Waals surface area contributed by atoms with E-state index in [0.29, 0.717) is 13.3 Å². The molecule has 148 valence electrons. The second-order valence-electron chi connectivity index (χ2n) is 6.06. The Morgan fingerprint density at radius 1 is 1.12 bits per heavy atom. The van der Waals surface area contributed by atoms with Crippen LogP contribution in [-0.4, -0.2) is 68.2 Å². The molecular formula is C13H21N3O8S2. The summed E-state index contributed by atoms with van der Waals surface area (Å²) in [6, 6.07) is 3.50. The van der Waals surface area contributed by atoms with Crippen LogP contribution in [0.2, 0.25) is 0 Å². The zero-order valence-corrected chi connectivity index (χ0v) is 16.2. The highest BCUT2D eigenvalue weighted by atomic mass is 32.2. The number of aliphatic hydroxyl groups is 1. The van der Waals surface area contributed by atoms with E-state index in [1.807, 2.05) is 0 Å². The number of aliphatic hydroxyl groups excluding tert-OH is 1. The van der Waals surface area contributed by atoms with Crippen LogP contribution in [-0.2, 0) is 20.6 Å². The van der Waals surface area contributed by atoms with Gasteiger partial charge in [0, 0.05) is 27.9 Å². The van der Waals surface area contributed by atoms with Crippen molar-refractivity contribution in [3.05, 3.63) is 29.0 Å². The van der Waals surface area contributed by atoms with Crippen molar-refractivity contribution in [1.29, 1.82) is 0 Å². The first kappa shape index (κ1) is 22.1. The molecule has 0 spiro atoms. The number of anilines is 2. The van der Waals surface area contributed by atoms with Crippen LogP contribution in [0.3, 0.4) is 0 Å². The molecule has 1 aromatic rings. The average Bonchev–Trinajstić information content (AvgIpc) is 2.51. The predicted molar refractivity (Wildman–Crippen MR) is 96.3 cm³/mol. The lowest BCUT2D eigenvalue weighted by Crippen LogP contribution is -2.37. The standard InChI is InChI=1S/C13H21N3O8S2/c1-13(2,9-17)16(18)8-10-5-6-11(14(3)25(19,20)21)7-12(10)15(4)26(22,23)24/h5-8,17H,9H2,1-4H3,(H,19,20,21)(H,22,23,24). The van der Waals surface area contributed by atoms with E-state index in [-0.39, 0.29) is 16.9 Å². The van der Waals surface area contributed by atoms with E-state index in [1.54, 1.807) is 0 Å². The molecule has 13 heteroatoms. The predicted octanol–water partition coefficient (Wildman–Crippen LogP) is -0.135. The molecule has 0 unspecified atom stereocenters. The number of benzene rings is 1. The summed E-state index contributed by atoms with van der Waals surface area (Å²) in [6.45, 7) is 2.41. The molecule has 0 aliphatic carbocycles. The highest BCUT2D eigenvalue weighted by Gasteiger charge is 2.27. The Morgan fingerprint density at radius 2 is 1.62 bits per heavy atom. The van der Waals surface area contributed by atoms with Crippen LogP contribution in [0, 0.1) is 5.21 Å². The second-order valence-corrected chi connectivity index (χ2v) is 8.95. The van der Waals surface area contributed by atoms with E-state index in [1.165, 1.54) is 26.0 Å².